The number of carbonyl (C=O) groups excluding carboxylic acids is 2. The number of ketones is 1. The first-order chi connectivity index (χ1) is 17.1. The number of amides is 1. The van der Waals surface area contributed by atoms with Crippen molar-refractivity contribution < 1.29 is 14.3 Å². The van der Waals surface area contributed by atoms with E-state index in [0.29, 0.717) is 36.9 Å². The summed E-state index contributed by atoms with van der Waals surface area (Å²) < 4.78 is 7.41. The molecule has 1 amide bonds. The van der Waals surface area contributed by atoms with E-state index < -0.39 is 0 Å². The number of anilines is 1. The van der Waals surface area contributed by atoms with Crippen LogP contribution in [-0.2, 0) is 9.53 Å². The molecule has 2 N–H and O–H groups in total. The van der Waals surface area contributed by atoms with Crippen molar-refractivity contribution in [1.82, 2.24) is 24.8 Å². The summed E-state index contributed by atoms with van der Waals surface area (Å²) in [7, 11) is 0. The quantitative estimate of drug-likeness (QED) is 0.535. The van der Waals surface area contributed by atoms with Crippen LogP contribution in [0.5, 0.6) is 0 Å². The fraction of sp³-hybridized carbons (Fsp3) is 0.500. The number of ether oxygens (including phenoxy) is 1. The molecular weight excluding hydrogens is 444 g/mol. The van der Waals surface area contributed by atoms with Gasteiger partial charge in [-0.05, 0) is 57.4 Å². The number of nitrogens with one attached hydrogen (secondary N) is 2. The van der Waals surface area contributed by atoms with Gasteiger partial charge in [-0.25, -0.2) is 15.0 Å². The van der Waals surface area contributed by atoms with Gasteiger partial charge in [-0.3, -0.25) is 9.36 Å². The Kier molecular flexibility index (Phi) is 7.03. The first kappa shape index (κ1) is 23.4. The molecule has 184 valence electrons. The third kappa shape index (κ3) is 5.51. The third-order valence-corrected chi connectivity index (χ3v) is 7.07. The Bertz CT molecular complexity index is 1190. The van der Waals surface area contributed by atoms with Crippen molar-refractivity contribution in [2.75, 3.05) is 18.5 Å². The minimum Gasteiger partial charge on any atom is -0.381 e. The molecule has 0 bridgehead atoms. The lowest BCUT2D eigenvalue weighted by Crippen LogP contribution is -2.38. The summed E-state index contributed by atoms with van der Waals surface area (Å²) in [4.78, 5) is 37.9. The molecule has 9 heteroatoms. The summed E-state index contributed by atoms with van der Waals surface area (Å²) in [5.41, 5.74) is 2.07. The van der Waals surface area contributed by atoms with Crippen LogP contribution in [-0.4, -0.2) is 56.5 Å². The number of hydrogen-bond acceptors (Lipinski definition) is 7. The van der Waals surface area contributed by atoms with E-state index in [1.807, 2.05) is 22.9 Å². The van der Waals surface area contributed by atoms with Crippen LogP contribution < -0.4 is 10.6 Å². The number of pyridine rings is 1. The van der Waals surface area contributed by atoms with Crippen LogP contribution in [0.3, 0.4) is 0 Å². The van der Waals surface area contributed by atoms with Gasteiger partial charge in [0, 0.05) is 61.8 Å². The molecule has 0 radical (unpaired) electrons. The van der Waals surface area contributed by atoms with Crippen LogP contribution >= 0.6 is 0 Å². The maximum absolute atomic E-state index is 13.3. The van der Waals surface area contributed by atoms with Crippen molar-refractivity contribution in [1.29, 1.82) is 0 Å². The molecule has 5 rings (SSSR count). The molecule has 0 aromatic carbocycles. The average Bonchev–Trinajstić information content (AvgIpc) is 3.30. The van der Waals surface area contributed by atoms with E-state index in [4.69, 9.17) is 4.74 Å². The third-order valence-electron chi connectivity index (χ3n) is 7.07. The average molecular weight is 477 g/mol. The van der Waals surface area contributed by atoms with E-state index >= 15 is 0 Å². The molecular formula is C26H32N6O3. The summed E-state index contributed by atoms with van der Waals surface area (Å²) in [6.45, 7) is 3.07. The normalized spacial score (nSPS) is 21.1. The lowest BCUT2D eigenvalue weighted by Gasteiger charge is -2.29. The summed E-state index contributed by atoms with van der Waals surface area (Å²) in [5, 5.41) is 7.72. The fourth-order valence-electron chi connectivity index (χ4n) is 5.18. The Morgan fingerprint density at radius 3 is 2.63 bits per heavy atom. The van der Waals surface area contributed by atoms with Gasteiger partial charge < -0.3 is 20.2 Å². The van der Waals surface area contributed by atoms with Gasteiger partial charge in [0.15, 0.2) is 0 Å². The topological polar surface area (TPSA) is 111 Å². The van der Waals surface area contributed by atoms with Gasteiger partial charge in [0.2, 0.25) is 0 Å². The number of aromatic nitrogens is 4. The van der Waals surface area contributed by atoms with E-state index in [1.165, 1.54) is 6.33 Å². The highest BCUT2D eigenvalue weighted by Gasteiger charge is 2.25. The van der Waals surface area contributed by atoms with Crippen LogP contribution in [0.1, 0.15) is 62.2 Å². The molecule has 1 aliphatic heterocycles. The largest absolute Gasteiger partial charge is 0.381 e. The standard InChI is InChI=1S/C26H32N6O3/c1-17(33)12-18-2-4-20(5-3-18)31-26(34)22-15-28-24(13-23(22)30-21-7-10-35-11-8-21)32-9-6-19-14-27-16-29-25(19)32/h6,9,13-16,18,20-21H,2-5,7-8,10-12H2,1H3,(H,28,30)(H,31,34). The van der Waals surface area contributed by atoms with Gasteiger partial charge in [-0.15, -0.1) is 0 Å². The lowest BCUT2D eigenvalue weighted by atomic mass is 9.83. The van der Waals surface area contributed by atoms with Gasteiger partial charge in [0.25, 0.3) is 5.91 Å². The Balaban J connectivity index is 1.37. The van der Waals surface area contributed by atoms with E-state index in [9.17, 15) is 9.59 Å². The first-order valence-electron chi connectivity index (χ1n) is 12.5. The minimum absolute atomic E-state index is 0.117. The smallest absolute Gasteiger partial charge is 0.255 e. The van der Waals surface area contributed by atoms with Crippen molar-refractivity contribution >= 4 is 28.4 Å². The molecule has 2 aliphatic rings. The van der Waals surface area contributed by atoms with Crippen LogP contribution in [0.15, 0.2) is 37.1 Å². The summed E-state index contributed by atoms with van der Waals surface area (Å²) in [5.74, 6) is 1.25. The monoisotopic (exact) mass is 476 g/mol. The number of hydrogen-bond donors (Lipinski definition) is 2. The van der Waals surface area contributed by atoms with E-state index in [1.54, 1.807) is 19.3 Å². The Morgan fingerprint density at radius 1 is 1.06 bits per heavy atom. The number of carbonyl (C=O) groups is 2. The highest BCUT2D eigenvalue weighted by atomic mass is 16.5. The van der Waals surface area contributed by atoms with Gasteiger partial charge in [0.05, 0.1) is 11.3 Å². The SMILES string of the molecule is CC(=O)CC1CCC(NC(=O)c2cnc(-n3ccc4cncnc43)cc2NC2CCOCC2)CC1. The molecule has 2 fully saturated rings. The number of nitrogens with zero attached hydrogens (tertiary/aromatic N) is 4. The van der Waals surface area contributed by atoms with Crippen molar-refractivity contribution in [2.24, 2.45) is 5.92 Å². The number of fused-ring (bicyclic) bond motifs is 1. The molecule has 35 heavy (non-hydrogen) atoms. The molecule has 0 spiro atoms. The predicted octanol–water partition coefficient (Wildman–Crippen LogP) is 3.67. The zero-order valence-corrected chi connectivity index (χ0v) is 20.1. The van der Waals surface area contributed by atoms with Gasteiger partial charge in [-0.1, -0.05) is 0 Å². The molecule has 3 aromatic heterocycles. The maximum Gasteiger partial charge on any atom is 0.255 e. The van der Waals surface area contributed by atoms with Crippen LogP contribution in [0.25, 0.3) is 16.9 Å². The van der Waals surface area contributed by atoms with E-state index in [-0.39, 0.29) is 23.8 Å². The molecule has 1 aliphatic carbocycles. The van der Waals surface area contributed by atoms with Gasteiger partial charge in [0.1, 0.15) is 23.6 Å². The van der Waals surface area contributed by atoms with Crippen molar-refractivity contribution in [2.45, 2.75) is 64.0 Å². The van der Waals surface area contributed by atoms with Crippen LogP contribution in [0, 0.1) is 5.92 Å². The molecule has 9 nitrogen and oxygen atoms in total. The van der Waals surface area contributed by atoms with E-state index in [0.717, 1.165) is 55.2 Å². The fourth-order valence-corrected chi connectivity index (χ4v) is 5.18. The molecule has 0 atom stereocenters. The summed E-state index contributed by atoms with van der Waals surface area (Å²) in [6, 6.07) is 4.23. The highest BCUT2D eigenvalue weighted by Crippen LogP contribution is 2.28. The summed E-state index contributed by atoms with van der Waals surface area (Å²) >= 11 is 0. The first-order valence-corrected chi connectivity index (χ1v) is 12.5. The zero-order chi connectivity index (χ0) is 24.2. The van der Waals surface area contributed by atoms with Gasteiger partial charge in [-0.2, -0.15) is 0 Å². The zero-order valence-electron chi connectivity index (χ0n) is 20.1. The maximum atomic E-state index is 13.3. The molecule has 3 aromatic rings. The second-order valence-corrected chi connectivity index (χ2v) is 9.70. The highest BCUT2D eigenvalue weighted by molar-refractivity contribution is 6.00. The number of Topliss-reactive ketones (excluding diaryl/α,β-unsaturated/α-hetero) is 1. The number of rotatable bonds is 7. The molecule has 1 saturated heterocycles. The Hall–Kier alpha value is -3.33. The lowest BCUT2D eigenvalue weighted by molar-refractivity contribution is -0.118. The Labute approximate surface area is 204 Å². The minimum atomic E-state index is -0.117. The van der Waals surface area contributed by atoms with Gasteiger partial charge >= 0.3 is 0 Å². The molecule has 1 saturated carbocycles. The molecule has 0 unspecified atom stereocenters. The van der Waals surface area contributed by atoms with Crippen molar-refractivity contribution in [3.63, 3.8) is 0 Å². The van der Waals surface area contributed by atoms with E-state index in [2.05, 4.69) is 25.6 Å². The second kappa shape index (κ2) is 10.5. The summed E-state index contributed by atoms with van der Waals surface area (Å²) in [6.07, 6.45) is 13.0. The second-order valence-electron chi connectivity index (χ2n) is 9.70. The van der Waals surface area contributed by atoms with Crippen molar-refractivity contribution in [3.8, 4) is 5.82 Å². The van der Waals surface area contributed by atoms with Crippen molar-refractivity contribution in [3.05, 3.63) is 42.6 Å². The van der Waals surface area contributed by atoms with Crippen LogP contribution in [0.4, 0.5) is 5.69 Å². The Morgan fingerprint density at radius 2 is 1.86 bits per heavy atom. The van der Waals surface area contributed by atoms with Crippen LogP contribution in [0.2, 0.25) is 0 Å². The molecule has 4 heterocycles. The predicted molar refractivity (Wildman–Crippen MR) is 133 cm³/mol.